The first-order chi connectivity index (χ1) is 14.3. The highest BCUT2D eigenvalue weighted by atomic mass is 32.2. The molecule has 2 N–H and O–H groups in total. The zero-order valence-corrected chi connectivity index (χ0v) is 16.2. The summed E-state index contributed by atoms with van der Waals surface area (Å²) in [5.74, 6) is -1.09. The number of sulfonamides is 1. The van der Waals surface area contributed by atoms with Gasteiger partial charge >= 0.3 is 0 Å². The molecular weight excluding hydrogens is 413 g/mol. The molecule has 0 aliphatic carbocycles. The number of non-ortho nitro benzene ring substituents is 1. The standard InChI is InChI=1S/C20H16FN3O5S/c21-18-10-3-1-6-14(18)13-22-20(25)17-9-2-4-11-19(17)23-30(28,29)16-8-5-7-15(12-16)24(26)27/h1-12,23H,13H2,(H,22,25). The Labute approximate surface area is 171 Å². The molecule has 10 heteroatoms. The lowest BCUT2D eigenvalue weighted by Gasteiger charge is -2.13. The van der Waals surface area contributed by atoms with Gasteiger partial charge in [-0.05, 0) is 24.3 Å². The highest BCUT2D eigenvalue weighted by Crippen LogP contribution is 2.23. The number of carbonyl (C=O) groups is 1. The molecule has 3 aromatic carbocycles. The molecule has 0 aromatic heterocycles. The summed E-state index contributed by atoms with van der Waals surface area (Å²) in [7, 11) is -4.19. The summed E-state index contributed by atoms with van der Waals surface area (Å²) < 4.78 is 41.3. The number of anilines is 1. The average Bonchev–Trinajstić information content (AvgIpc) is 2.73. The van der Waals surface area contributed by atoms with Crippen molar-refractivity contribution in [1.29, 1.82) is 0 Å². The number of para-hydroxylation sites is 1. The van der Waals surface area contributed by atoms with E-state index in [-0.39, 0.29) is 33.9 Å². The van der Waals surface area contributed by atoms with Gasteiger partial charge in [-0.2, -0.15) is 0 Å². The number of halogens is 1. The minimum Gasteiger partial charge on any atom is -0.348 e. The van der Waals surface area contributed by atoms with E-state index >= 15 is 0 Å². The van der Waals surface area contributed by atoms with Crippen LogP contribution in [0.4, 0.5) is 15.8 Å². The molecule has 3 aromatic rings. The van der Waals surface area contributed by atoms with Crippen LogP contribution in [0.1, 0.15) is 15.9 Å². The van der Waals surface area contributed by atoms with E-state index in [9.17, 15) is 27.7 Å². The topological polar surface area (TPSA) is 118 Å². The van der Waals surface area contributed by atoms with E-state index in [4.69, 9.17) is 0 Å². The van der Waals surface area contributed by atoms with E-state index in [2.05, 4.69) is 10.0 Å². The van der Waals surface area contributed by atoms with E-state index in [1.54, 1.807) is 12.1 Å². The Kier molecular flexibility index (Phi) is 6.07. The second kappa shape index (κ2) is 8.70. The van der Waals surface area contributed by atoms with Crippen LogP contribution in [0.2, 0.25) is 0 Å². The lowest BCUT2D eigenvalue weighted by Crippen LogP contribution is -2.25. The number of carbonyl (C=O) groups excluding carboxylic acids is 1. The number of amides is 1. The van der Waals surface area contributed by atoms with Gasteiger partial charge in [0.15, 0.2) is 0 Å². The van der Waals surface area contributed by atoms with E-state index in [0.29, 0.717) is 0 Å². The Morgan fingerprint density at radius 1 is 1.00 bits per heavy atom. The maximum atomic E-state index is 13.7. The molecule has 0 aliphatic rings. The van der Waals surface area contributed by atoms with Crippen LogP contribution < -0.4 is 10.0 Å². The molecule has 0 fully saturated rings. The molecule has 0 atom stereocenters. The predicted molar refractivity (Wildman–Crippen MR) is 108 cm³/mol. The number of rotatable bonds is 7. The van der Waals surface area contributed by atoms with E-state index in [0.717, 1.165) is 6.07 Å². The molecule has 3 rings (SSSR count). The molecule has 0 aliphatic heterocycles. The number of hydrogen-bond acceptors (Lipinski definition) is 5. The van der Waals surface area contributed by atoms with Crippen molar-refractivity contribution in [3.63, 3.8) is 0 Å². The Morgan fingerprint density at radius 3 is 2.43 bits per heavy atom. The van der Waals surface area contributed by atoms with Gasteiger partial charge < -0.3 is 5.32 Å². The monoisotopic (exact) mass is 429 g/mol. The van der Waals surface area contributed by atoms with Gasteiger partial charge in [0, 0.05) is 24.2 Å². The predicted octanol–water partition coefficient (Wildman–Crippen LogP) is 3.46. The number of nitro groups is 1. The highest BCUT2D eigenvalue weighted by molar-refractivity contribution is 7.92. The summed E-state index contributed by atoms with van der Waals surface area (Å²) in [5.41, 5.74) is -0.104. The van der Waals surface area contributed by atoms with Crippen LogP contribution in [0.25, 0.3) is 0 Å². The Hall–Kier alpha value is -3.79. The number of benzene rings is 3. The smallest absolute Gasteiger partial charge is 0.270 e. The molecule has 30 heavy (non-hydrogen) atoms. The molecular formula is C20H16FN3O5S. The third-order valence-corrected chi connectivity index (χ3v) is 5.52. The Morgan fingerprint density at radius 2 is 1.70 bits per heavy atom. The third kappa shape index (κ3) is 4.78. The van der Waals surface area contributed by atoms with Crippen LogP contribution in [0.3, 0.4) is 0 Å². The third-order valence-electron chi connectivity index (χ3n) is 4.15. The first-order valence-corrected chi connectivity index (χ1v) is 10.1. The second-order valence-corrected chi connectivity index (χ2v) is 7.86. The molecule has 0 saturated carbocycles. The number of nitrogens with zero attached hydrogens (tertiary/aromatic N) is 1. The zero-order chi connectivity index (χ0) is 21.7. The Balaban J connectivity index is 1.82. The van der Waals surface area contributed by atoms with Crippen molar-refractivity contribution in [2.45, 2.75) is 11.4 Å². The molecule has 0 spiro atoms. The number of nitrogens with one attached hydrogen (secondary N) is 2. The first-order valence-electron chi connectivity index (χ1n) is 8.66. The number of nitro benzene ring substituents is 1. The van der Waals surface area contributed by atoms with Gasteiger partial charge in [0.1, 0.15) is 5.82 Å². The first kappa shape index (κ1) is 20.9. The SMILES string of the molecule is O=C(NCc1ccccc1F)c1ccccc1NS(=O)(=O)c1cccc([N+](=O)[O-])c1. The van der Waals surface area contributed by atoms with Crippen molar-refractivity contribution in [2.75, 3.05) is 4.72 Å². The van der Waals surface area contributed by atoms with Gasteiger partial charge in [0.05, 0.1) is 21.1 Å². The average molecular weight is 429 g/mol. The molecule has 0 radical (unpaired) electrons. The van der Waals surface area contributed by atoms with E-state index in [1.165, 1.54) is 54.6 Å². The summed E-state index contributed by atoms with van der Waals surface area (Å²) in [6, 6.07) is 16.3. The largest absolute Gasteiger partial charge is 0.348 e. The van der Waals surface area contributed by atoms with Crippen molar-refractivity contribution in [1.82, 2.24) is 5.32 Å². The second-order valence-electron chi connectivity index (χ2n) is 6.18. The highest BCUT2D eigenvalue weighted by Gasteiger charge is 2.20. The maximum absolute atomic E-state index is 13.7. The molecule has 0 heterocycles. The fraction of sp³-hybridized carbons (Fsp3) is 0.0500. The van der Waals surface area contributed by atoms with Gasteiger partial charge in [-0.1, -0.05) is 36.4 Å². The van der Waals surface area contributed by atoms with Crippen molar-refractivity contribution < 1.29 is 22.5 Å². The van der Waals surface area contributed by atoms with E-state index in [1.807, 2.05) is 0 Å². The van der Waals surface area contributed by atoms with Crippen LogP contribution in [0.15, 0.2) is 77.7 Å². The molecule has 1 amide bonds. The van der Waals surface area contributed by atoms with Crippen LogP contribution in [-0.4, -0.2) is 19.2 Å². The molecule has 0 bridgehead atoms. The zero-order valence-electron chi connectivity index (χ0n) is 15.4. The van der Waals surface area contributed by atoms with Crippen molar-refractivity contribution in [3.8, 4) is 0 Å². The normalized spacial score (nSPS) is 11.0. The van der Waals surface area contributed by atoms with Crippen LogP contribution >= 0.6 is 0 Å². The van der Waals surface area contributed by atoms with Crippen molar-refractivity contribution in [3.05, 3.63) is 99.9 Å². The fourth-order valence-electron chi connectivity index (χ4n) is 2.65. The quantitative estimate of drug-likeness (QED) is 0.440. The van der Waals surface area contributed by atoms with Gasteiger partial charge in [-0.15, -0.1) is 0 Å². The molecule has 0 saturated heterocycles. The maximum Gasteiger partial charge on any atom is 0.270 e. The van der Waals surface area contributed by atoms with Crippen molar-refractivity contribution in [2.24, 2.45) is 0 Å². The summed E-state index contributed by atoms with van der Waals surface area (Å²) in [4.78, 5) is 22.4. The summed E-state index contributed by atoms with van der Waals surface area (Å²) in [5, 5.41) is 13.4. The summed E-state index contributed by atoms with van der Waals surface area (Å²) in [6.45, 7) is -0.0858. The minimum absolute atomic E-state index is 0.0165. The van der Waals surface area contributed by atoms with Crippen molar-refractivity contribution >= 4 is 27.3 Å². The van der Waals surface area contributed by atoms with Crippen LogP contribution in [0.5, 0.6) is 0 Å². The molecule has 154 valence electrons. The number of hydrogen-bond donors (Lipinski definition) is 2. The van der Waals surface area contributed by atoms with Gasteiger partial charge in [0.2, 0.25) is 0 Å². The lowest BCUT2D eigenvalue weighted by molar-refractivity contribution is -0.385. The minimum atomic E-state index is -4.19. The van der Waals surface area contributed by atoms with Crippen LogP contribution in [0, 0.1) is 15.9 Å². The lowest BCUT2D eigenvalue weighted by atomic mass is 10.1. The van der Waals surface area contributed by atoms with Gasteiger partial charge in [-0.3, -0.25) is 19.6 Å². The summed E-state index contributed by atoms with van der Waals surface area (Å²) in [6.07, 6.45) is 0. The summed E-state index contributed by atoms with van der Waals surface area (Å²) >= 11 is 0. The Bertz CT molecular complexity index is 1210. The molecule has 8 nitrogen and oxygen atoms in total. The van der Waals surface area contributed by atoms with E-state index < -0.39 is 26.7 Å². The van der Waals surface area contributed by atoms with Gasteiger partial charge in [-0.25, -0.2) is 12.8 Å². The van der Waals surface area contributed by atoms with Gasteiger partial charge in [0.25, 0.3) is 21.6 Å². The van der Waals surface area contributed by atoms with Crippen LogP contribution in [-0.2, 0) is 16.6 Å². The fourth-order valence-corrected chi connectivity index (χ4v) is 3.77. The molecule has 0 unspecified atom stereocenters.